The van der Waals surface area contributed by atoms with E-state index in [1.165, 1.54) is 11.8 Å². The van der Waals surface area contributed by atoms with Crippen molar-refractivity contribution in [2.24, 2.45) is 0 Å². The number of rotatable bonds is 7. The summed E-state index contributed by atoms with van der Waals surface area (Å²) in [6, 6.07) is 13.9. The minimum atomic E-state index is -0.534. The maximum absolute atomic E-state index is 12.7. The van der Waals surface area contributed by atoms with E-state index in [0.717, 1.165) is 17.7 Å². The molecule has 3 rings (SSSR count). The summed E-state index contributed by atoms with van der Waals surface area (Å²) in [5, 5.41) is 5.83. The van der Waals surface area contributed by atoms with E-state index in [-0.39, 0.29) is 24.1 Å². The molecule has 7 nitrogen and oxygen atoms in total. The molecule has 0 aromatic heterocycles. The molecule has 0 aliphatic carbocycles. The molecule has 0 spiro atoms. The molecule has 1 aliphatic rings. The van der Waals surface area contributed by atoms with Crippen LogP contribution in [0.4, 0.5) is 11.4 Å². The lowest BCUT2D eigenvalue weighted by molar-refractivity contribution is -0.121. The quantitative estimate of drug-likeness (QED) is 0.718. The van der Waals surface area contributed by atoms with Crippen LogP contribution < -0.4 is 20.3 Å². The van der Waals surface area contributed by atoms with Crippen molar-refractivity contribution in [2.45, 2.75) is 25.8 Å². The number of amides is 3. The van der Waals surface area contributed by atoms with Gasteiger partial charge in [0.15, 0.2) is 0 Å². The number of carbonyl (C=O) groups is 3. The minimum Gasteiger partial charge on any atom is -0.497 e. The number of benzene rings is 2. The molecule has 1 heterocycles. The number of hydrogen-bond acceptors (Lipinski definition) is 5. The summed E-state index contributed by atoms with van der Waals surface area (Å²) < 4.78 is 5.21. The maximum atomic E-state index is 12.7. The molecule has 1 aliphatic heterocycles. The van der Waals surface area contributed by atoms with Gasteiger partial charge in [0.25, 0.3) is 5.91 Å². The van der Waals surface area contributed by atoms with Gasteiger partial charge in [0.2, 0.25) is 11.8 Å². The van der Waals surface area contributed by atoms with E-state index in [0.29, 0.717) is 17.9 Å². The third kappa shape index (κ3) is 4.55. The summed E-state index contributed by atoms with van der Waals surface area (Å²) in [6.07, 6.45) is 0.852. The smallest absolute Gasteiger partial charge is 0.251 e. The normalized spacial score (nSPS) is 16.4. The Bertz CT molecular complexity index is 879. The third-order valence-corrected chi connectivity index (χ3v) is 4.53. The van der Waals surface area contributed by atoms with Gasteiger partial charge >= 0.3 is 0 Å². The Balaban J connectivity index is 1.59. The SMILES string of the molecule is COc1cccc(CCN[C@H]2CC(=O)N(c3ccc(NC(C)=O)cc3)C2=O)c1. The standard InChI is InChI=1S/C21H23N3O4/c1-14(25)23-16-6-8-17(9-7-16)24-20(26)13-19(21(24)27)22-11-10-15-4-3-5-18(12-15)28-2/h3-9,12,19,22H,10-11,13H2,1-2H3,(H,23,25)/t19-/m0/s1. The van der Waals surface area contributed by atoms with Crippen LogP contribution in [0.3, 0.4) is 0 Å². The van der Waals surface area contributed by atoms with Crippen molar-refractivity contribution in [3.63, 3.8) is 0 Å². The maximum Gasteiger partial charge on any atom is 0.251 e. The average Bonchev–Trinajstić information content (AvgIpc) is 2.96. The molecule has 2 aromatic rings. The van der Waals surface area contributed by atoms with Crippen LogP contribution in [0, 0.1) is 0 Å². The number of carbonyl (C=O) groups excluding carboxylic acids is 3. The number of nitrogens with zero attached hydrogens (tertiary/aromatic N) is 1. The fourth-order valence-electron chi connectivity index (χ4n) is 3.18. The molecule has 28 heavy (non-hydrogen) atoms. The highest BCUT2D eigenvalue weighted by Crippen LogP contribution is 2.24. The predicted octanol–water partition coefficient (Wildman–Crippen LogP) is 2.12. The summed E-state index contributed by atoms with van der Waals surface area (Å²) in [4.78, 5) is 37.3. The van der Waals surface area contributed by atoms with Crippen LogP contribution in [0.5, 0.6) is 5.75 Å². The van der Waals surface area contributed by atoms with Crippen molar-refractivity contribution in [1.82, 2.24) is 5.32 Å². The van der Waals surface area contributed by atoms with Crippen LogP contribution in [0.2, 0.25) is 0 Å². The van der Waals surface area contributed by atoms with Gasteiger partial charge in [-0.05, 0) is 54.9 Å². The molecule has 1 fully saturated rings. The highest BCUT2D eigenvalue weighted by molar-refractivity contribution is 6.22. The fraction of sp³-hybridized carbons (Fsp3) is 0.286. The fourth-order valence-corrected chi connectivity index (χ4v) is 3.18. The lowest BCUT2D eigenvalue weighted by atomic mass is 10.1. The number of imide groups is 1. The molecule has 2 aromatic carbocycles. The molecule has 3 amide bonds. The summed E-state index contributed by atoms with van der Waals surface area (Å²) in [5.74, 6) is 0.110. The Morgan fingerprint density at radius 3 is 2.61 bits per heavy atom. The molecular weight excluding hydrogens is 358 g/mol. The van der Waals surface area contributed by atoms with Crippen molar-refractivity contribution >= 4 is 29.1 Å². The molecular formula is C21H23N3O4. The number of methoxy groups -OCH3 is 1. The largest absolute Gasteiger partial charge is 0.497 e. The van der Waals surface area contributed by atoms with Gasteiger partial charge in [-0.1, -0.05) is 12.1 Å². The monoisotopic (exact) mass is 381 g/mol. The first-order valence-corrected chi connectivity index (χ1v) is 9.08. The van der Waals surface area contributed by atoms with Crippen molar-refractivity contribution in [1.29, 1.82) is 0 Å². The van der Waals surface area contributed by atoms with Crippen molar-refractivity contribution in [2.75, 3.05) is 23.9 Å². The van der Waals surface area contributed by atoms with E-state index in [9.17, 15) is 14.4 Å². The van der Waals surface area contributed by atoms with E-state index in [1.807, 2.05) is 24.3 Å². The topological polar surface area (TPSA) is 87.7 Å². The van der Waals surface area contributed by atoms with E-state index < -0.39 is 6.04 Å². The molecule has 2 N–H and O–H groups in total. The van der Waals surface area contributed by atoms with Gasteiger partial charge in [0, 0.05) is 12.6 Å². The zero-order valence-electron chi connectivity index (χ0n) is 15.9. The Morgan fingerprint density at radius 2 is 1.93 bits per heavy atom. The van der Waals surface area contributed by atoms with Crippen molar-refractivity contribution < 1.29 is 19.1 Å². The minimum absolute atomic E-state index is 0.129. The Labute approximate surface area is 163 Å². The van der Waals surface area contributed by atoms with E-state index in [2.05, 4.69) is 10.6 Å². The Morgan fingerprint density at radius 1 is 1.18 bits per heavy atom. The van der Waals surface area contributed by atoms with Gasteiger partial charge < -0.3 is 15.4 Å². The van der Waals surface area contributed by atoms with Crippen LogP contribution in [-0.4, -0.2) is 37.4 Å². The molecule has 0 radical (unpaired) electrons. The van der Waals surface area contributed by atoms with Gasteiger partial charge in [-0.2, -0.15) is 0 Å². The molecule has 0 unspecified atom stereocenters. The van der Waals surface area contributed by atoms with Crippen molar-refractivity contribution in [3.05, 3.63) is 54.1 Å². The summed E-state index contributed by atoms with van der Waals surface area (Å²) in [7, 11) is 1.62. The highest BCUT2D eigenvalue weighted by atomic mass is 16.5. The molecule has 146 valence electrons. The zero-order valence-corrected chi connectivity index (χ0v) is 15.9. The first-order chi connectivity index (χ1) is 13.5. The van der Waals surface area contributed by atoms with Crippen LogP contribution >= 0.6 is 0 Å². The van der Waals surface area contributed by atoms with Gasteiger partial charge in [-0.25, -0.2) is 4.90 Å². The van der Waals surface area contributed by atoms with E-state index in [1.54, 1.807) is 31.4 Å². The van der Waals surface area contributed by atoms with Gasteiger partial charge in [-0.3, -0.25) is 14.4 Å². The zero-order chi connectivity index (χ0) is 20.1. The number of anilines is 2. The van der Waals surface area contributed by atoms with Crippen molar-refractivity contribution in [3.8, 4) is 5.75 Å². The molecule has 7 heteroatoms. The predicted molar refractivity (Wildman–Crippen MR) is 106 cm³/mol. The Kier molecular flexibility index (Phi) is 6.06. The molecule has 1 atom stereocenters. The number of hydrogen-bond donors (Lipinski definition) is 2. The van der Waals surface area contributed by atoms with Crippen LogP contribution in [-0.2, 0) is 20.8 Å². The second-order valence-electron chi connectivity index (χ2n) is 6.61. The van der Waals surface area contributed by atoms with Gasteiger partial charge in [-0.15, -0.1) is 0 Å². The average molecular weight is 381 g/mol. The van der Waals surface area contributed by atoms with Gasteiger partial charge in [0.05, 0.1) is 25.3 Å². The summed E-state index contributed by atoms with van der Waals surface area (Å²) >= 11 is 0. The number of nitrogens with one attached hydrogen (secondary N) is 2. The first-order valence-electron chi connectivity index (χ1n) is 9.08. The van der Waals surface area contributed by atoms with Gasteiger partial charge in [0.1, 0.15) is 5.75 Å². The lowest BCUT2D eigenvalue weighted by Gasteiger charge is -2.16. The second kappa shape index (κ2) is 8.67. The van der Waals surface area contributed by atoms with E-state index in [4.69, 9.17) is 4.74 Å². The molecule has 0 bridgehead atoms. The first kappa shape index (κ1) is 19.6. The third-order valence-electron chi connectivity index (χ3n) is 4.53. The van der Waals surface area contributed by atoms with Crippen LogP contribution in [0.25, 0.3) is 0 Å². The molecule has 1 saturated heterocycles. The number of ether oxygens (including phenoxy) is 1. The summed E-state index contributed by atoms with van der Waals surface area (Å²) in [6.45, 7) is 2.00. The Hall–Kier alpha value is -3.19. The second-order valence-corrected chi connectivity index (χ2v) is 6.61. The highest BCUT2D eigenvalue weighted by Gasteiger charge is 2.39. The summed E-state index contributed by atoms with van der Waals surface area (Å²) in [5.41, 5.74) is 2.21. The lowest BCUT2D eigenvalue weighted by Crippen LogP contribution is -2.39. The van der Waals surface area contributed by atoms with Crippen LogP contribution in [0.1, 0.15) is 18.9 Å². The van der Waals surface area contributed by atoms with E-state index >= 15 is 0 Å². The van der Waals surface area contributed by atoms with Crippen LogP contribution in [0.15, 0.2) is 48.5 Å². The molecule has 0 saturated carbocycles.